The second kappa shape index (κ2) is 7.38. The summed E-state index contributed by atoms with van der Waals surface area (Å²) >= 11 is 0. The molecule has 1 fully saturated rings. The monoisotopic (exact) mass is 295 g/mol. The van der Waals surface area contributed by atoms with Crippen LogP contribution in [0.15, 0.2) is 18.2 Å². The van der Waals surface area contributed by atoms with Gasteiger partial charge in [0.05, 0.1) is 19.3 Å². The molecule has 1 aromatic carbocycles. The minimum atomic E-state index is -0.565. The van der Waals surface area contributed by atoms with E-state index in [1.807, 2.05) is 11.8 Å². The van der Waals surface area contributed by atoms with Crippen molar-refractivity contribution in [2.24, 2.45) is 5.73 Å². The zero-order valence-electron chi connectivity index (χ0n) is 12.3. The number of hydrogen-bond donors (Lipinski definition) is 2. The van der Waals surface area contributed by atoms with Crippen molar-refractivity contribution in [2.45, 2.75) is 25.8 Å². The van der Waals surface area contributed by atoms with E-state index in [0.29, 0.717) is 38.4 Å². The summed E-state index contributed by atoms with van der Waals surface area (Å²) in [7, 11) is 0. The van der Waals surface area contributed by atoms with E-state index in [9.17, 15) is 9.18 Å². The van der Waals surface area contributed by atoms with Crippen LogP contribution in [0.5, 0.6) is 0 Å². The normalized spacial score (nSPS) is 16.6. The summed E-state index contributed by atoms with van der Waals surface area (Å²) in [5, 5.41) is 2.68. The number of carbonyl (C=O) groups excluding carboxylic acids is 1. The van der Waals surface area contributed by atoms with Gasteiger partial charge in [-0.2, -0.15) is 0 Å². The van der Waals surface area contributed by atoms with Crippen LogP contribution >= 0.6 is 0 Å². The second-order valence-corrected chi connectivity index (χ2v) is 5.18. The summed E-state index contributed by atoms with van der Waals surface area (Å²) in [5.41, 5.74) is 6.95. The standard InChI is InChI=1S/C15H22FN3O2/c1-2-3-14(17)15(20)18-12-8-11(16)9-13(10-12)19-4-6-21-7-5-19/h8-10,14H,2-7,17H2,1H3,(H,18,20). The molecule has 0 spiro atoms. The lowest BCUT2D eigenvalue weighted by molar-refractivity contribution is -0.117. The van der Waals surface area contributed by atoms with Crippen molar-refractivity contribution in [3.8, 4) is 0 Å². The van der Waals surface area contributed by atoms with E-state index in [1.54, 1.807) is 6.07 Å². The average Bonchev–Trinajstić information content (AvgIpc) is 2.47. The summed E-state index contributed by atoms with van der Waals surface area (Å²) in [6.45, 7) is 4.64. The fourth-order valence-corrected chi connectivity index (χ4v) is 2.33. The number of nitrogens with one attached hydrogen (secondary N) is 1. The van der Waals surface area contributed by atoms with Gasteiger partial charge >= 0.3 is 0 Å². The van der Waals surface area contributed by atoms with Crippen LogP contribution in [0.1, 0.15) is 19.8 Å². The number of rotatable bonds is 5. The molecule has 1 aliphatic rings. The molecule has 6 heteroatoms. The van der Waals surface area contributed by atoms with Crippen molar-refractivity contribution in [2.75, 3.05) is 36.5 Å². The first kappa shape index (κ1) is 15.7. The SMILES string of the molecule is CCCC(N)C(=O)Nc1cc(F)cc(N2CCOCC2)c1. The van der Waals surface area contributed by atoms with Crippen molar-refractivity contribution >= 4 is 17.3 Å². The third-order valence-corrected chi connectivity index (χ3v) is 3.46. The highest BCUT2D eigenvalue weighted by atomic mass is 19.1. The van der Waals surface area contributed by atoms with Crippen LogP contribution in [-0.2, 0) is 9.53 Å². The highest BCUT2D eigenvalue weighted by molar-refractivity contribution is 5.95. The van der Waals surface area contributed by atoms with Gasteiger partial charge in [0, 0.05) is 24.5 Å². The van der Waals surface area contributed by atoms with Crippen LogP contribution in [0.4, 0.5) is 15.8 Å². The molecule has 116 valence electrons. The van der Waals surface area contributed by atoms with Crippen molar-refractivity contribution in [3.63, 3.8) is 0 Å². The number of hydrogen-bond acceptors (Lipinski definition) is 4. The van der Waals surface area contributed by atoms with Gasteiger partial charge < -0.3 is 20.7 Å². The first-order chi connectivity index (χ1) is 10.1. The number of carbonyl (C=O) groups is 1. The molecular formula is C15H22FN3O2. The number of amides is 1. The first-order valence-electron chi connectivity index (χ1n) is 7.30. The minimum Gasteiger partial charge on any atom is -0.378 e. The molecule has 1 atom stereocenters. The highest BCUT2D eigenvalue weighted by Gasteiger charge is 2.16. The van der Waals surface area contributed by atoms with Gasteiger partial charge in [-0.3, -0.25) is 4.79 Å². The summed E-state index contributed by atoms with van der Waals surface area (Å²) in [4.78, 5) is 13.9. The maximum Gasteiger partial charge on any atom is 0.241 e. The van der Waals surface area contributed by atoms with E-state index in [2.05, 4.69) is 5.32 Å². The van der Waals surface area contributed by atoms with Gasteiger partial charge in [0.15, 0.2) is 0 Å². The van der Waals surface area contributed by atoms with E-state index in [0.717, 1.165) is 12.1 Å². The van der Waals surface area contributed by atoms with Gasteiger partial charge in [-0.25, -0.2) is 4.39 Å². The van der Waals surface area contributed by atoms with Gasteiger partial charge in [-0.1, -0.05) is 13.3 Å². The second-order valence-electron chi connectivity index (χ2n) is 5.18. The molecule has 2 rings (SSSR count). The number of halogens is 1. The Labute approximate surface area is 124 Å². The molecule has 1 amide bonds. The molecule has 0 aliphatic carbocycles. The topological polar surface area (TPSA) is 67.6 Å². The molecule has 1 heterocycles. The van der Waals surface area contributed by atoms with Crippen LogP contribution < -0.4 is 16.0 Å². The summed E-state index contributed by atoms with van der Waals surface area (Å²) in [6, 6.07) is 3.98. The lowest BCUT2D eigenvalue weighted by atomic mass is 10.1. The minimum absolute atomic E-state index is 0.282. The molecule has 3 N–H and O–H groups in total. The van der Waals surface area contributed by atoms with Crippen molar-refractivity contribution < 1.29 is 13.9 Å². The Hall–Kier alpha value is -1.66. The third kappa shape index (κ3) is 4.41. The van der Waals surface area contributed by atoms with E-state index < -0.39 is 6.04 Å². The average molecular weight is 295 g/mol. The zero-order chi connectivity index (χ0) is 15.2. The lowest BCUT2D eigenvalue weighted by Gasteiger charge is -2.29. The largest absolute Gasteiger partial charge is 0.378 e. The Morgan fingerprint density at radius 3 is 2.81 bits per heavy atom. The van der Waals surface area contributed by atoms with Gasteiger partial charge in [-0.05, 0) is 24.6 Å². The maximum absolute atomic E-state index is 13.7. The molecule has 1 aromatic rings. The van der Waals surface area contributed by atoms with Gasteiger partial charge in [0.1, 0.15) is 5.82 Å². The Morgan fingerprint density at radius 2 is 2.14 bits per heavy atom. The Balaban J connectivity index is 2.09. The fraction of sp³-hybridized carbons (Fsp3) is 0.533. The number of ether oxygens (including phenoxy) is 1. The summed E-state index contributed by atoms with van der Waals surface area (Å²) in [5.74, 6) is -0.659. The first-order valence-corrected chi connectivity index (χ1v) is 7.30. The predicted octanol–water partition coefficient (Wildman–Crippen LogP) is 1.73. The highest BCUT2D eigenvalue weighted by Crippen LogP contribution is 2.23. The van der Waals surface area contributed by atoms with Gasteiger partial charge in [-0.15, -0.1) is 0 Å². The van der Waals surface area contributed by atoms with Crippen LogP contribution in [0, 0.1) is 5.82 Å². The molecule has 21 heavy (non-hydrogen) atoms. The molecule has 0 saturated carbocycles. The van der Waals surface area contributed by atoms with Crippen LogP contribution in [-0.4, -0.2) is 38.3 Å². The number of nitrogens with zero attached hydrogens (tertiary/aromatic N) is 1. The van der Waals surface area contributed by atoms with E-state index >= 15 is 0 Å². The van der Waals surface area contributed by atoms with Crippen molar-refractivity contribution in [3.05, 3.63) is 24.0 Å². The van der Waals surface area contributed by atoms with Crippen LogP contribution in [0.3, 0.4) is 0 Å². The van der Waals surface area contributed by atoms with Gasteiger partial charge in [0.2, 0.25) is 5.91 Å². The molecule has 1 aliphatic heterocycles. The summed E-state index contributed by atoms with van der Waals surface area (Å²) < 4.78 is 19.0. The van der Waals surface area contributed by atoms with E-state index in [-0.39, 0.29) is 11.7 Å². The molecular weight excluding hydrogens is 273 g/mol. The smallest absolute Gasteiger partial charge is 0.241 e. The number of anilines is 2. The molecule has 5 nitrogen and oxygen atoms in total. The molecule has 0 radical (unpaired) electrons. The van der Waals surface area contributed by atoms with Crippen molar-refractivity contribution in [1.82, 2.24) is 0 Å². The predicted molar refractivity (Wildman–Crippen MR) is 80.9 cm³/mol. The van der Waals surface area contributed by atoms with E-state index in [1.165, 1.54) is 12.1 Å². The maximum atomic E-state index is 13.7. The number of morpholine rings is 1. The van der Waals surface area contributed by atoms with Crippen LogP contribution in [0.25, 0.3) is 0 Å². The van der Waals surface area contributed by atoms with Crippen LogP contribution in [0.2, 0.25) is 0 Å². The molecule has 0 aromatic heterocycles. The lowest BCUT2D eigenvalue weighted by Crippen LogP contribution is -2.37. The third-order valence-electron chi connectivity index (χ3n) is 3.46. The number of nitrogens with two attached hydrogens (primary N) is 1. The quantitative estimate of drug-likeness (QED) is 0.868. The molecule has 1 unspecified atom stereocenters. The Kier molecular flexibility index (Phi) is 5.52. The zero-order valence-corrected chi connectivity index (χ0v) is 12.3. The Morgan fingerprint density at radius 1 is 1.43 bits per heavy atom. The number of benzene rings is 1. The van der Waals surface area contributed by atoms with E-state index in [4.69, 9.17) is 10.5 Å². The molecule has 1 saturated heterocycles. The fourth-order valence-electron chi connectivity index (χ4n) is 2.33. The van der Waals surface area contributed by atoms with Gasteiger partial charge in [0.25, 0.3) is 0 Å². The molecule has 0 bridgehead atoms. The summed E-state index contributed by atoms with van der Waals surface area (Å²) in [6.07, 6.45) is 1.44. The van der Waals surface area contributed by atoms with Crippen molar-refractivity contribution in [1.29, 1.82) is 0 Å². The Bertz CT molecular complexity index is 490.